The highest BCUT2D eigenvalue weighted by molar-refractivity contribution is 14.1. The SMILES string of the molecule is C=C[C@H](C)[C@@H]1O[C@H](CI)[C@H](C)[C@H](O)[C@H]1C. The lowest BCUT2D eigenvalue weighted by molar-refractivity contribution is -0.164. The molecule has 3 heteroatoms. The summed E-state index contributed by atoms with van der Waals surface area (Å²) in [5, 5.41) is 10.1. The second kappa shape index (κ2) is 5.64. The molecule has 1 saturated heterocycles. The van der Waals surface area contributed by atoms with E-state index in [4.69, 9.17) is 4.74 Å². The van der Waals surface area contributed by atoms with Gasteiger partial charge >= 0.3 is 0 Å². The van der Waals surface area contributed by atoms with Gasteiger partial charge in [0.2, 0.25) is 0 Å². The zero-order valence-electron chi connectivity index (χ0n) is 9.69. The van der Waals surface area contributed by atoms with Crippen molar-refractivity contribution in [2.45, 2.75) is 39.1 Å². The first-order valence-corrected chi connectivity index (χ1v) is 7.07. The predicted molar refractivity (Wildman–Crippen MR) is 71.2 cm³/mol. The molecule has 1 fully saturated rings. The molecule has 0 aliphatic carbocycles. The van der Waals surface area contributed by atoms with E-state index in [9.17, 15) is 5.11 Å². The Balaban J connectivity index is 2.78. The molecule has 15 heavy (non-hydrogen) atoms. The number of ether oxygens (including phenoxy) is 1. The van der Waals surface area contributed by atoms with Gasteiger partial charge < -0.3 is 9.84 Å². The van der Waals surface area contributed by atoms with Gasteiger partial charge in [-0.3, -0.25) is 0 Å². The monoisotopic (exact) mass is 324 g/mol. The van der Waals surface area contributed by atoms with Crippen LogP contribution in [0.4, 0.5) is 0 Å². The summed E-state index contributed by atoms with van der Waals surface area (Å²) in [7, 11) is 0. The van der Waals surface area contributed by atoms with Gasteiger partial charge in [0.25, 0.3) is 0 Å². The quantitative estimate of drug-likeness (QED) is 0.491. The first kappa shape index (κ1) is 13.5. The lowest BCUT2D eigenvalue weighted by Gasteiger charge is -2.44. The molecule has 1 rings (SSSR count). The molecule has 2 nitrogen and oxygen atoms in total. The maximum Gasteiger partial charge on any atom is 0.0718 e. The molecule has 0 saturated carbocycles. The van der Waals surface area contributed by atoms with E-state index >= 15 is 0 Å². The maximum absolute atomic E-state index is 10.1. The Morgan fingerprint density at radius 1 is 1.47 bits per heavy atom. The fraction of sp³-hybridized carbons (Fsp3) is 0.833. The van der Waals surface area contributed by atoms with Crippen molar-refractivity contribution in [2.24, 2.45) is 17.8 Å². The highest BCUT2D eigenvalue weighted by Gasteiger charge is 2.41. The van der Waals surface area contributed by atoms with Crippen LogP contribution >= 0.6 is 22.6 Å². The number of hydrogen-bond donors (Lipinski definition) is 1. The predicted octanol–water partition coefficient (Wildman–Crippen LogP) is 2.64. The van der Waals surface area contributed by atoms with Crippen LogP contribution < -0.4 is 0 Å². The van der Waals surface area contributed by atoms with Gasteiger partial charge in [0.1, 0.15) is 0 Å². The number of aliphatic hydroxyl groups is 1. The first-order chi connectivity index (χ1) is 7.02. The number of halogens is 1. The molecule has 0 aromatic carbocycles. The van der Waals surface area contributed by atoms with Crippen LogP contribution in [0.1, 0.15) is 20.8 Å². The molecule has 88 valence electrons. The normalized spacial score (nSPS) is 43.7. The summed E-state index contributed by atoms with van der Waals surface area (Å²) in [4.78, 5) is 0. The molecular weight excluding hydrogens is 303 g/mol. The topological polar surface area (TPSA) is 29.5 Å². The van der Waals surface area contributed by atoms with E-state index in [0.717, 1.165) is 4.43 Å². The van der Waals surface area contributed by atoms with Crippen LogP contribution in [0.25, 0.3) is 0 Å². The number of alkyl halides is 1. The molecule has 0 unspecified atom stereocenters. The van der Waals surface area contributed by atoms with Crippen molar-refractivity contribution in [3.8, 4) is 0 Å². The van der Waals surface area contributed by atoms with Gasteiger partial charge in [-0.15, -0.1) is 6.58 Å². The van der Waals surface area contributed by atoms with Crippen molar-refractivity contribution in [3.63, 3.8) is 0 Å². The fourth-order valence-corrected chi connectivity index (χ4v) is 3.27. The number of hydrogen-bond acceptors (Lipinski definition) is 2. The minimum Gasteiger partial charge on any atom is -0.392 e. The Morgan fingerprint density at radius 2 is 2.07 bits per heavy atom. The van der Waals surface area contributed by atoms with Crippen LogP contribution in [0.2, 0.25) is 0 Å². The van der Waals surface area contributed by atoms with Gasteiger partial charge in [-0.1, -0.05) is 49.4 Å². The van der Waals surface area contributed by atoms with Crippen LogP contribution in [-0.4, -0.2) is 27.8 Å². The lowest BCUT2D eigenvalue weighted by atomic mass is 9.79. The number of aliphatic hydroxyl groups excluding tert-OH is 1. The van der Waals surface area contributed by atoms with E-state index in [2.05, 4.69) is 49.9 Å². The van der Waals surface area contributed by atoms with Crippen LogP contribution in [-0.2, 0) is 4.74 Å². The molecular formula is C12H21IO2. The van der Waals surface area contributed by atoms with E-state index in [1.54, 1.807) is 0 Å². The molecule has 1 aliphatic heterocycles. The summed E-state index contributed by atoms with van der Waals surface area (Å²) in [5.41, 5.74) is 0. The third-order valence-electron chi connectivity index (χ3n) is 3.56. The summed E-state index contributed by atoms with van der Waals surface area (Å²) < 4.78 is 6.98. The van der Waals surface area contributed by atoms with E-state index in [1.807, 2.05) is 6.08 Å². The average Bonchev–Trinajstić information content (AvgIpc) is 2.25. The van der Waals surface area contributed by atoms with Gasteiger partial charge in [-0.25, -0.2) is 0 Å². The van der Waals surface area contributed by atoms with E-state index in [-0.39, 0.29) is 30.1 Å². The molecule has 0 aromatic heterocycles. The Hall–Kier alpha value is 0.390. The standard InChI is InChI=1S/C12H21IO2/c1-5-7(2)12-9(4)11(14)8(3)10(6-13)15-12/h5,7-12,14H,1,6H2,2-4H3/t7-,8-,9+,10+,11-,12-/m0/s1. The van der Waals surface area contributed by atoms with Crippen LogP contribution in [0, 0.1) is 17.8 Å². The highest BCUT2D eigenvalue weighted by Crippen LogP contribution is 2.34. The third kappa shape index (κ3) is 2.74. The summed E-state index contributed by atoms with van der Waals surface area (Å²) in [6.45, 7) is 10.0. The van der Waals surface area contributed by atoms with Crippen molar-refractivity contribution >= 4 is 22.6 Å². The van der Waals surface area contributed by atoms with Gasteiger partial charge in [-0.2, -0.15) is 0 Å². The number of rotatable bonds is 3. The van der Waals surface area contributed by atoms with E-state index in [0.29, 0.717) is 5.92 Å². The molecule has 0 radical (unpaired) electrons. The second-order valence-electron chi connectivity index (χ2n) is 4.60. The molecule has 0 bridgehead atoms. The largest absolute Gasteiger partial charge is 0.392 e. The highest BCUT2D eigenvalue weighted by atomic mass is 127. The molecule has 0 amide bonds. The zero-order chi connectivity index (χ0) is 11.6. The molecule has 1 heterocycles. The van der Waals surface area contributed by atoms with Gasteiger partial charge in [-0.05, 0) is 0 Å². The Labute approximate surface area is 106 Å². The van der Waals surface area contributed by atoms with Crippen LogP contribution in [0.5, 0.6) is 0 Å². The molecule has 1 aliphatic rings. The van der Waals surface area contributed by atoms with Gasteiger partial charge in [0.15, 0.2) is 0 Å². The summed E-state index contributed by atoms with van der Waals surface area (Å²) in [5.74, 6) is 0.713. The smallest absolute Gasteiger partial charge is 0.0718 e. The summed E-state index contributed by atoms with van der Waals surface area (Å²) >= 11 is 2.32. The zero-order valence-corrected chi connectivity index (χ0v) is 11.8. The van der Waals surface area contributed by atoms with Gasteiger partial charge in [0.05, 0.1) is 18.3 Å². The van der Waals surface area contributed by atoms with E-state index in [1.165, 1.54) is 0 Å². The molecule has 0 aromatic rings. The Bertz CT molecular complexity index is 218. The molecule has 6 atom stereocenters. The second-order valence-corrected chi connectivity index (χ2v) is 5.48. The lowest BCUT2D eigenvalue weighted by Crippen LogP contribution is -2.51. The summed E-state index contributed by atoms with van der Waals surface area (Å²) in [6.07, 6.45) is 1.93. The minimum atomic E-state index is -0.258. The average molecular weight is 324 g/mol. The maximum atomic E-state index is 10.1. The first-order valence-electron chi connectivity index (χ1n) is 5.55. The van der Waals surface area contributed by atoms with Crippen molar-refractivity contribution in [1.82, 2.24) is 0 Å². The van der Waals surface area contributed by atoms with Crippen molar-refractivity contribution in [1.29, 1.82) is 0 Å². The van der Waals surface area contributed by atoms with E-state index < -0.39 is 0 Å². The molecule has 0 spiro atoms. The fourth-order valence-electron chi connectivity index (χ4n) is 2.26. The van der Waals surface area contributed by atoms with Crippen molar-refractivity contribution < 1.29 is 9.84 Å². The van der Waals surface area contributed by atoms with Crippen LogP contribution in [0.15, 0.2) is 12.7 Å². The summed E-state index contributed by atoms with van der Waals surface area (Å²) in [6, 6.07) is 0. The Morgan fingerprint density at radius 3 is 2.53 bits per heavy atom. The van der Waals surface area contributed by atoms with Crippen molar-refractivity contribution in [2.75, 3.05) is 4.43 Å². The Kier molecular flexibility index (Phi) is 5.06. The van der Waals surface area contributed by atoms with Crippen LogP contribution in [0.3, 0.4) is 0 Å². The van der Waals surface area contributed by atoms with Crippen molar-refractivity contribution in [3.05, 3.63) is 12.7 Å². The minimum absolute atomic E-state index is 0.105. The third-order valence-corrected chi connectivity index (χ3v) is 4.42. The molecule has 1 N–H and O–H groups in total. The van der Waals surface area contributed by atoms with Gasteiger partial charge in [0, 0.05) is 22.2 Å².